The van der Waals surface area contributed by atoms with Crippen molar-refractivity contribution in [3.8, 4) is 0 Å². The molecule has 3 N–H and O–H groups in total. The highest BCUT2D eigenvalue weighted by Crippen LogP contribution is 2.30. The molecule has 0 bridgehead atoms. The van der Waals surface area contributed by atoms with E-state index in [2.05, 4.69) is 6.92 Å². The molecule has 0 aromatic carbocycles. The molecule has 1 rings (SSSR count). The molecular formula is C12H22N2O3. The van der Waals surface area contributed by atoms with Crippen LogP contribution in [0.1, 0.15) is 39.5 Å². The number of likely N-dealkylation sites (tertiary alicyclic amines) is 1. The normalized spacial score (nSPS) is 28.4. The number of rotatable bonds is 5. The zero-order valence-electron chi connectivity index (χ0n) is 10.6. The van der Waals surface area contributed by atoms with Gasteiger partial charge < -0.3 is 15.7 Å². The lowest BCUT2D eigenvalue weighted by Crippen LogP contribution is -2.55. The summed E-state index contributed by atoms with van der Waals surface area (Å²) < 4.78 is 0. The highest BCUT2D eigenvalue weighted by atomic mass is 16.4. The minimum absolute atomic E-state index is 0.0138. The van der Waals surface area contributed by atoms with Gasteiger partial charge in [-0.3, -0.25) is 9.59 Å². The van der Waals surface area contributed by atoms with Crippen molar-refractivity contribution in [3.05, 3.63) is 0 Å². The zero-order chi connectivity index (χ0) is 13.1. The maximum absolute atomic E-state index is 11.6. The van der Waals surface area contributed by atoms with Crippen LogP contribution in [0.3, 0.4) is 0 Å². The van der Waals surface area contributed by atoms with Crippen molar-refractivity contribution in [2.75, 3.05) is 13.1 Å². The number of hydrogen-bond donors (Lipinski definition) is 2. The topological polar surface area (TPSA) is 83.6 Å². The van der Waals surface area contributed by atoms with Gasteiger partial charge in [0.05, 0.1) is 0 Å². The van der Waals surface area contributed by atoms with Crippen LogP contribution in [0, 0.1) is 5.92 Å². The Labute approximate surface area is 102 Å². The van der Waals surface area contributed by atoms with E-state index < -0.39 is 11.5 Å². The average Bonchev–Trinajstić information content (AvgIpc) is 2.64. The van der Waals surface area contributed by atoms with Crippen molar-refractivity contribution in [1.29, 1.82) is 0 Å². The van der Waals surface area contributed by atoms with E-state index in [1.165, 1.54) is 0 Å². The SMILES string of the molecule is CCCC[C@H]1CN(C(=O)CC)C[C@@]1(N)C(=O)O. The van der Waals surface area contributed by atoms with E-state index in [-0.39, 0.29) is 18.4 Å². The Hall–Kier alpha value is -1.10. The Morgan fingerprint density at radius 1 is 1.47 bits per heavy atom. The first-order chi connectivity index (χ1) is 7.95. The molecule has 0 unspecified atom stereocenters. The summed E-state index contributed by atoms with van der Waals surface area (Å²) >= 11 is 0. The molecule has 1 fully saturated rings. The smallest absolute Gasteiger partial charge is 0.325 e. The van der Waals surface area contributed by atoms with Crippen molar-refractivity contribution < 1.29 is 14.7 Å². The van der Waals surface area contributed by atoms with E-state index in [9.17, 15) is 14.7 Å². The van der Waals surface area contributed by atoms with Crippen molar-refractivity contribution in [1.82, 2.24) is 4.90 Å². The number of amides is 1. The quantitative estimate of drug-likeness (QED) is 0.748. The van der Waals surface area contributed by atoms with Gasteiger partial charge in [0.15, 0.2) is 0 Å². The minimum atomic E-state index is -1.26. The second-order valence-corrected chi connectivity index (χ2v) is 4.81. The largest absolute Gasteiger partial charge is 0.480 e. The third kappa shape index (κ3) is 2.77. The number of unbranched alkanes of at least 4 members (excludes halogenated alkanes) is 1. The van der Waals surface area contributed by atoms with Crippen molar-refractivity contribution >= 4 is 11.9 Å². The van der Waals surface area contributed by atoms with Gasteiger partial charge in [0.25, 0.3) is 0 Å². The number of carbonyl (C=O) groups excluding carboxylic acids is 1. The predicted octanol–water partition coefficient (Wildman–Crippen LogP) is 0.827. The molecule has 17 heavy (non-hydrogen) atoms. The van der Waals surface area contributed by atoms with Crippen molar-refractivity contribution in [3.63, 3.8) is 0 Å². The molecule has 2 atom stereocenters. The van der Waals surface area contributed by atoms with Crippen LogP contribution in [0.25, 0.3) is 0 Å². The summed E-state index contributed by atoms with van der Waals surface area (Å²) in [5, 5.41) is 9.25. The number of carboxylic acids is 1. The third-order valence-corrected chi connectivity index (χ3v) is 3.58. The fraction of sp³-hybridized carbons (Fsp3) is 0.833. The number of nitrogens with two attached hydrogens (primary N) is 1. The van der Waals surface area contributed by atoms with Gasteiger partial charge in [-0.05, 0) is 6.42 Å². The molecule has 1 amide bonds. The molecule has 1 aliphatic heterocycles. The number of aliphatic carboxylic acids is 1. The number of hydrogen-bond acceptors (Lipinski definition) is 3. The van der Waals surface area contributed by atoms with Crippen LogP contribution < -0.4 is 5.73 Å². The summed E-state index contributed by atoms with van der Waals surface area (Å²) in [5.41, 5.74) is 4.71. The summed E-state index contributed by atoms with van der Waals surface area (Å²) in [5.74, 6) is -1.14. The van der Waals surface area contributed by atoms with Crippen LogP contribution in [0.15, 0.2) is 0 Å². The maximum atomic E-state index is 11.6. The Bertz CT molecular complexity index is 306. The van der Waals surface area contributed by atoms with Crippen LogP contribution >= 0.6 is 0 Å². The highest BCUT2D eigenvalue weighted by molar-refractivity contribution is 5.83. The zero-order valence-corrected chi connectivity index (χ0v) is 10.6. The average molecular weight is 242 g/mol. The Balaban J connectivity index is 2.79. The Morgan fingerprint density at radius 3 is 2.59 bits per heavy atom. The molecule has 0 radical (unpaired) electrons. The van der Waals surface area contributed by atoms with Gasteiger partial charge in [0.1, 0.15) is 5.54 Å². The van der Waals surface area contributed by atoms with Crippen LogP contribution in [0.4, 0.5) is 0 Å². The van der Waals surface area contributed by atoms with Crippen molar-refractivity contribution in [2.24, 2.45) is 11.7 Å². The molecule has 98 valence electrons. The second-order valence-electron chi connectivity index (χ2n) is 4.81. The van der Waals surface area contributed by atoms with E-state index >= 15 is 0 Å². The summed E-state index contributed by atoms with van der Waals surface area (Å²) in [4.78, 5) is 24.5. The molecule has 5 nitrogen and oxygen atoms in total. The first kappa shape index (κ1) is 14.0. The van der Waals surface area contributed by atoms with Crippen molar-refractivity contribution in [2.45, 2.75) is 45.1 Å². The minimum Gasteiger partial charge on any atom is -0.480 e. The third-order valence-electron chi connectivity index (χ3n) is 3.58. The van der Waals surface area contributed by atoms with Crippen LogP contribution in [0.2, 0.25) is 0 Å². The summed E-state index contributed by atoms with van der Waals surface area (Å²) in [6.07, 6.45) is 3.13. The van der Waals surface area contributed by atoms with E-state index in [1.807, 2.05) is 0 Å². The van der Waals surface area contributed by atoms with Crippen LogP contribution in [0.5, 0.6) is 0 Å². The molecule has 0 saturated carbocycles. The van der Waals surface area contributed by atoms with E-state index in [4.69, 9.17) is 5.73 Å². The standard InChI is InChI=1S/C12H22N2O3/c1-3-5-6-9-7-14(10(15)4-2)8-12(9,13)11(16)17/h9H,3-8,13H2,1-2H3,(H,16,17)/t9-,12-/m0/s1. The van der Waals surface area contributed by atoms with E-state index in [0.29, 0.717) is 13.0 Å². The Kier molecular flexibility index (Phi) is 4.51. The lowest BCUT2D eigenvalue weighted by atomic mass is 9.84. The molecular weight excluding hydrogens is 220 g/mol. The van der Waals surface area contributed by atoms with Gasteiger partial charge in [-0.1, -0.05) is 26.7 Å². The van der Waals surface area contributed by atoms with Crippen LogP contribution in [-0.2, 0) is 9.59 Å². The number of carbonyl (C=O) groups is 2. The van der Waals surface area contributed by atoms with Crippen LogP contribution in [-0.4, -0.2) is 40.5 Å². The van der Waals surface area contributed by atoms with E-state index in [0.717, 1.165) is 19.3 Å². The molecule has 0 aliphatic carbocycles. The van der Waals surface area contributed by atoms with Gasteiger partial charge in [-0.2, -0.15) is 0 Å². The maximum Gasteiger partial charge on any atom is 0.325 e. The van der Waals surface area contributed by atoms with Gasteiger partial charge in [-0.25, -0.2) is 0 Å². The molecule has 1 saturated heterocycles. The molecule has 0 aromatic heterocycles. The highest BCUT2D eigenvalue weighted by Gasteiger charge is 2.50. The van der Waals surface area contributed by atoms with Gasteiger partial charge in [-0.15, -0.1) is 0 Å². The summed E-state index contributed by atoms with van der Waals surface area (Å²) in [6, 6.07) is 0. The molecule has 5 heteroatoms. The fourth-order valence-corrected chi connectivity index (χ4v) is 2.39. The molecule has 0 spiro atoms. The molecule has 1 heterocycles. The first-order valence-corrected chi connectivity index (χ1v) is 6.25. The molecule has 1 aliphatic rings. The predicted molar refractivity (Wildman–Crippen MR) is 64.4 cm³/mol. The fourth-order valence-electron chi connectivity index (χ4n) is 2.39. The molecule has 0 aromatic rings. The first-order valence-electron chi connectivity index (χ1n) is 6.25. The van der Waals surface area contributed by atoms with Gasteiger partial charge in [0, 0.05) is 25.4 Å². The van der Waals surface area contributed by atoms with Gasteiger partial charge >= 0.3 is 5.97 Å². The Morgan fingerprint density at radius 2 is 2.12 bits per heavy atom. The lowest BCUT2D eigenvalue weighted by molar-refractivity contribution is -0.144. The number of nitrogens with zero attached hydrogens (tertiary/aromatic N) is 1. The monoisotopic (exact) mass is 242 g/mol. The summed E-state index contributed by atoms with van der Waals surface area (Å²) in [7, 11) is 0. The number of carboxylic acid groups (broad SMARTS) is 1. The van der Waals surface area contributed by atoms with Gasteiger partial charge in [0.2, 0.25) is 5.91 Å². The second kappa shape index (κ2) is 5.49. The summed E-state index contributed by atoms with van der Waals surface area (Å²) in [6.45, 7) is 4.46. The lowest BCUT2D eigenvalue weighted by Gasteiger charge is -2.25. The van der Waals surface area contributed by atoms with E-state index in [1.54, 1.807) is 11.8 Å².